The Kier molecular flexibility index (Phi) is 2.90. The van der Waals surface area contributed by atoms with Gasteiger partial charge in [-0.15, -0.1) is 0 Å². The van der Waals surface area contributed by atoms with Crippen molar-refractivity contribution in [3.05, 3.63) is 35.4 Å². The molecule has 1 aliphatic rings. The van der Waals surface area contributed by atoms with E-state index in [-0.39, 0.29) is 5.92 Å². The number of fused-ring (bicyclic) bond motifs is 1. The molecule has 80 valence electrons. The van der Waals surface area contributed by atoms with Crippen molar-refractivity contribution in [1.82, 2.24) is 0 Å². The van der Waals surface area contributed by atoms with Crippen molar-refractivity contribution in [2.75, 3.05) is 0 Å². The number of carbonyl (C=O) groups is 1. The van der Waals surface area contributed by atoms with Gasteiger partial charge in [-0.05, 0) is 24.3 Å². The van der Waals surface area contributed by atoms with Gasteiger partial charge in [-0.2, -0.15) is 0 Å². The normalized spacial score (nSPS) is 19.7. The molecule has 1 heteroatoms. The highest BCUT2D eigenvalue weighted by atomic mass is 16.1. The van der Waals surface area contributed by atoms with E-state index in [0.717, 1.165) is 24.8 Å². The minimum Gasteiger partial charge on any atom is -0.294 e. The molecule has 1 aromatic rings. The molecule has 1 aromatic carbocycles. The van der Waals surface area contributed by atoms with Gasteiger partial charge in [0.25, 0.3) is 0 Å². The fourth-order valence-electron chi connectivity index (χ4n) is 2.28. The number of Topliss-reactive ketones (excluding diaryl/α,β-unsaturated/α-hetero) is 1. The molecule has 1 nitrogen and oxygen atoms in total. The molecule has 0 bridgehead atoms. The zero-order chi connectivity index (χ0) is 10.8. The summed E-state index contributed by atoms with van der Waals surface area (Å²) in [5, 5.41) is 0. The molecule has 0 saturated heterocycles. The molecular formula is C14H18O. The summed E-state index contributed by atoms with van der Waals surface area (Å²) in [5.74, 6) is 1.32. The van der Waals surface area contributed by atoms with Gasteiger partial charge in [0.05, 0.1) is 0 Å². The number of rotatable bonds is 3. The van der Waals surface area contributed by atoms with Crippen molar-refractivity contribution in [2.45, 2.75) is 33.1 Å². The Morgan fingerprint density at radius 3 is 2.73 bits per heavy atom. The van der Waals surface area contributed by atoms with Crippen LogP contribution in [0.2, 0.25) is 0 Å². The molecule has 0 aliphatic heterocycles. The van der Waals surface area contributed by atoms with E-state index in [1.807, 2.05) is 18.2 Å². The van der Waals surface area contributed by atoms with E-state index in [1.54, 1.807) is 0 Å². The van der Waals surface area contributed by atoms with Crippen molar-refractivity contribution in [1.29, 1.82) is 0 Å². The molecule has 0 spiro atoms. The third-order valence-electron chi connectivity index (χ3n) is 3.21. The quantitative estimate of drug-likeness (QED) is 0.733. The second-order valence-electron chi connectivity index (χ2n) is 4.89. The smallest absolute Gasteiger partial charge is 0.166 e. The summed E-state index contributed by atoms with van der Waals surface area (Å²) in [6.07, 6.45) is 3.16. The number of benzene rings is 1. The third kappa shape index (κ3) is 2.11. The summed E-state index contributed by atoms with van der Waals surface area (Å²) in [4.78, 5) is 12.0. The van der Waals surface area contributed by atoms with E-state index in [0.29, 0.717) is 11.7 Å². The fourth-order valence-corrected chi connectivity index (χ4v) is 2.28. The minimum atomic E-state index is 0.254. The topological polar surface area (TPSA) is 17.1 Å². The van der Waals surface area contributed by atoms with Crippen LogP contribution in [0.4, 0.5) is 0 Å². The van der Waals surface area contributed by atoms with Crippen LogP contribution in [0.3, 0.4) is 0 Å². The Morgan fingerprint density at radius 1 is 1.33 bits per heavy atom. The highest BCUT2D eigenvalue weighted by Gasteiger charge is 2.29. The monoisotopic (exact) mass is 202 g/mol. The molecule has 0 radical (unpaired) electrons. The predicted octanol–water partition coefficient (Wildman–Crippen LogP) is 3.48. The van der Waals surface area contributed by atoms with Gasteiger partial charge in [0.15, 0.2) is 5.78 Å². The molecule has 1 aliphatic carbocycles. The van der Waals surface area contributed by atoms with Crippen molar-refractivity contribution in [2.24, 2.45) is 11.8 Å². The van der Waals surface area contributed by atoms with Crippen LogP contribution in [0.25, 0.3) is 0 Å². The predicted molar refractivity (Wildman–Crippen MR) is 62.0 cm³/mol. The summed E-state index contributed by atoms with van der Waals surface area (Å²) < 4.78 is 0. The van der Waals surface area contributed by atoms with Crippen LogP contribution in [-0.4, -0.2) is 5.78 Å². The van der Waals surface area contributed by atoms with Crippen LogP contribution < -0.4 is 0 Å². The highest BCUT2D eigenvalue weighted by Crippen LogP contribution is 2.30. The van der Waals surface area contributed by atoms with Gasteiger partial charge in [-0.25, -0.2) is 0 Å². The molecule has 0 heterocycles. The summed E-state index contributed by atoms with van der Waals surface area (Å²) in [5.41, 5.74) is 2.21. The van der Waals surface area contributed by atoms with Crippen LogP contribution in [0.1, 0.15) is 42.6 Å². The summed E-state index contributed by atoms with van der Waals surface area (Å²) in [6, 6.07) is 8.04. The fraction of sp³-hybridized carbons (Fsp3) is 0.500. The first-order valence-electron chi connectivity index (χ1n) is 5.80. The van der Waals surface area contributed by atoms with Gasteiger partial charge in [-0.3, -0.25) is 4.79 Å². The second-order valence-corrected chi connectivity index (χ2v) is 4.89. The second kappa shape index (κ2) is 4.18. The maximum atomic E-state index is 12.0. The van der Waals surface area contributed by atoms with Crippen molar-refractivity contribution < 1.29 is 4.79 Å². The first kappa shape index (κ1) is 10.4. The van der Waals surface area contributed by atoms with Crippen molar-refractivity contribution >= 4 is 5.78 Å². The van der Waals surface area contributed by atoms with Crippen LogP contribution in [0, 0.1) is 11.8 Å². The first-order valence-corrected chi connectivity index (χ1v) is 5.80. The first-order chi connectivity index (χ1) is 7.18. The van der Waals surface area contributed by atoms with Crippen molar-refractivity contribution in [3.63, 3.8) is 0 Å². The molecular weight excluding hydrogens is 184 g/mol. The Morgan fingerprint density at radius 2 is 2.07 bits per heavy atom. The maximum absolute atomic E-state index is 12.0. The van der Waals surface area contributed by atoms with E-state index in [4.69, 9.17) is 0 Å². The molecule has 1 atom stereocenters. The highest BCUT2D eigenvalue weighted by molar-refractivity contribution is 6.02. The molecule has 0 saturated carbocycles. The largest absolute Gasteiger partial charge is 0.294 e. The van der Waals surface area contributed by atoms with E-state index in [9.17, 15) is 4.79 Å². The number of hydrogen-bond acceptors (Lipinski definition) is 1. The molecule has 15 heavy (non-hydrogen) atoms. The van der Waals surface area contributed by atoms with Gasteiger partial charge >= 0.3 is 0 Å². The SMILES string of the molecule is CC(C)CCC1Cc2ccccc2C1=O. The Bertz CT molecular complexity index is 365. The molecule has 0 N–H and O–H groups in total. The van der Waals surface area contributed by atoms with Crippen molar-refractivity contribution in [3.8, 4) is 0 Å². The lowest BCUT2D eigenvalue weighted by Crippen LogP contribution is -2.09. The lowest BCUT2D eigenvalue weighted by atomic mass is 9.95. The number of ketones is 1. The van der Waals surface area contributed by atoms with Gasteiger partial charge in [-0.1, -0.05) is 44.5 Å². The lowest BCUT2D eigenvalue weighted by molar-refractivity contribution is 0.0927. The zero-order valence-electron chi connectivity index (χ0n) is 9.49. The zero-order valence-corrected chi connectivity index (χ0v) is 9.49. The Labute approximate surface area is 91.5 Å². The molecule has 0 aromatic heterocycles. The molecule has 2 rings (SSSR count). The van der Waals surface area contributed by atoms with E-state index < -0.39 is 0 Å². The van der Waals surface area contributed by atoms with Gasteiger partial charge < -0.3 is 0 Å². The molecule has 1 unspecified atom stereocenters. The molecule has 0 amide bonds. The van der Waals surface area contributed by atoms with Gasteiger partial charge in [0.2, 0.25) is 0 Å². The van der Waals surface area contributed by atoms with Gasteiger partial charge in [0.1, 0.15) is 0 Å². The van der Waals surface area contributed by atoms with Crippen LogP contribution >= 0.6 is 0 Å². The minimum absolute atomic E-state index is 0.254. The summed E-state index contributed by atoms with van der Waals surface area (Å²) >= 11 is 0. The third-order valence-corrected chi connectivity index (χ3v) is 3.21. The standard InChI is InChI=1S/C14H18O/c1-10(2)7-8-12-9-11-5-3-4-6-13(11)14(12)15/h3-6,10,12H,7-9H2,1-2H3. The average molecular weight is 202 g/mol. The summed E-state index contributed by atoms with van der Waals surface area (Å²) in [6.45, 7) is 4.43. The van der Waals surface area contributed by atoms with Crippen LogP contribution in [0.15, 0.2) is 24.3 Å². The Hall–Kier alpha value is -1.11. The van der Waals surface area contributed by atoms with Crippen LogP contribution in [-0.2, 0) is 6.42 Å². The molecule has 0 fully saturated rings. The van der Waals surface area contributed by atoms with E-state index in [2.05, 4.69) is 19.9 Å². The summed E-state index contributed by atoms with van der Waals surface area (Å²) in [7, 11) is 0. The van der Waals surface area contributed by atoms with E-state index in [1.165, 1.54) is 5.56 Å². The number of hydrogen-bond donors (Lipinski definition) is 0. The Balaban J connectivity index is 2.07. The maximum Gasteiger partial charge on any atom is 0.166 e. The number of carbonyl (C=O) groups excluding carboxylic acids is 1. The lowest BCUT2D eigenvalue weighted by Gasteiger charge is -2.09. The average Bonchev–Trinajstić information content (AvgIpc) is 2.54. The van der Waals surface area contributed by atoms with Gasteiger partial charge in [0, 0.05) is 11.5 Å². The van der Waals surface area contributed by atoms with E-state index >= 15 is 0 Å². The van der Waals surface area contributed by atoms with Crippen LogP contribution in [0.5, 0.6) is 0 Å².